The normalized spacial score (nSPS) is 21.6. The fourth-order valence-electron chi connectivity index (χ4n) is 3.19. The van der Waals surface area contributed by atoms with E-state index in [0.29, 0.717) is 26.1 Å². The summed E-state index contributed by atoms with van der Waals surface area (Å²) in [5.41, 5.74) is 0.745. The third-order valence-corrected chi connectivity index (χ3v) is 5.83. The molecule has 1 aromatic carbocycles. The number of aliphatic imine (C=N–C) groups is 1. The van der Waals surface area contributed by atoms with Crippen LogP contribution in [0.5, 0.6) is 0 Å². The van der Waals surface area contributed by atoms with Gasteiger partial charge in [0.15, 0.2) is 5.96 Å². The first-order valence-electron chi connectivity index (χ1n) is 9.53. The van der Waals surface area contributed by atoms with Gasteiger partial charge < -0.3 is 15.0 Å². The van der Waals surface area contributed by atoms with Gasteiger partial charge in [0.2, 0.25) is 0 Å². The Kier molecular flexibility index (Phi) is 7.45. The maximum Gasteiger partial charge on any atom is 0.193 e. The van der Waals surface area contributed by atoms with Crippen LogP contribution in [0.15, 0.2) is 29.3 Å². The predicted molar refractivity (Wildman–Crippen MR) is 111 cm³/mol. The van der Waals surface area contributed by atoms with E-state index in [-0.39, 0.29) is 29.2 Å². The van der Waals surface area contributed by atoms with Gasteiger partial charge in [-0.05, 0) is 36.5 Å². The average Bonchev–Trinajstić information content (AvgIpc) is 2.60. The average molecular weight is 414 g/mol. The standard InChI is InChI=1S/C20H32FN3O3S/c1-15-12-24(13-18(27-15)16-6-8-17(21)9-7-16)19(22-4)23-14-20(2,3)10-11-28(5,25)26/h6-9,15,18H,10-14H2,1-5H3,(H,22,23). The van der Waals surface area contributed by atoms with Gasteiger partial charge in [0.1, 0.15) is 21.8 Å². The van der Waals surface area contributed by atoms with Crippen molar-refractivity contribution in [2.45, 2.75) is 39.4 Å². The van der Waals surface area contributed by atoms with Crippen LogP contribution in [-0.4, -0.2) is 64.1 Å². The molecule has 1 aliphatic heterocycles. The quantitative estimate of drug-likeness (QED) is 0.573. The summed E-state index contributed by atoms with van der Waals surface area (Å²) < 4.78 is 42.2. The Morgan fingerprint density at radius 2 is 1.96 bits per heavy atom. The Labute approximate surface area is 168 Å². The van der Waals surface area contributed by atoms with Crippen LogP contribution >= 0.6 is 0 Å². The second-order valence-electron chi connectivity index (χ2n) is 8.34. The van der Waals surface area contributed by atoms with Gasteiger partial charge in [-0.15, -0.1) is 0 Å². The summed E-state index contributed by atoms with van der Waals surface area (Å²) in [5, 5.41) is 3.38. The molecule has 1 saturated heterocycles. The van der Waals surface area contributed by atoms with Crippen molar-refractivity contribution >= 4 is 15.8 Å². The van der Waals surface area contributed by atoms with E-state index in [4.69, 9.17) is 4.74 Å². The molecule has 2 rings (SSSR count). The number of hydrogen-bond donors (Lipinski definition) is 1. The van der Waals surface area contributed by atoms with E-state index < -0.39 is 9.84 Å². The van der Waals surface area contributed by atoms with Crippen molar-refractivity contribution in [3.05, 3.63) is 35.6 Å². The van der Waals surface area contributed by atoms with Gasteiger partial charge >= 0.3 is 0 Å². The van der Waals surface area contributed by atoms with E-state index >= 15 is 0 Å². The lowest BCUT2D eigenvalue weighted by atomic mass is 9.90. The third kappa shape index (κ3) is 7.05. The molecule has 1 N–H and O–H groups in total. The Hall–Kier alpha value is -1.67. The summed E-state index contributed by atoms with van der Waals surface area (Å²) in [4.78, 5) is 6.53. The molecule has 0 radical (unpaired) electrons. The van der Waals surface area contributed by atoms with E-state index in [2.05, 4.69) is 15.2 Å². The lowest BCUT2D eigenvalue weighted by Gasteiger charge is -2.39. The minimum Gasteiger partial charge on any atom is -0.367 e. The van der Waals surface area contributed by atoms with Crippen LogP contribution in [0.4, 0.5) is 4.39 Å². The Bertz CT molecular complexity index is 778. The molecule has 6 nitrogen and oxygen atoms in total. The van der Waals surface area contributed by atoms with E-state index in [1.807, 2.05) is 20.8 Å². The van der Waals surface area contributed by atoms with Gasteiger partial charge in [-0.25, -0.2) is 12.8 Å². The fraction of sp³-hybridized carbons (Fsp3) is 0.650. The van der Waals surface area contributed by atoms with Crippen molar-refractivity contribution in [2.24, 2.45) is 10.4 Å². The van der Waals surface area contributed by atoms with Crippen LogP contribution in [0.25, 0.3) is 0 Å². The molecule has 8 heteroatoms. The number of nitrogens with one attached hydrogen (secondary N) is 1. The molecule has 1 aromatic rings. The molecule has 158 valence electrons. The van der Waals surface area contributed by atoms with Crippen LogP contribution < -0.4 is 5.32 Å². The Morgan fingerprint density at radius 3 is 2.54 bits per heavy atom. The van der Waals surface area contributed by atoms with Gasteiger partial charge in [-0.2, -0.15) is 0 Å². The zero-order chi connectivity index (χ0) is 20.9. The predicted octanol–water partition coefficient (Wildman–Crippen LogP) is 2.62. The van der Waals surface area contributed by atoms with Crippen molar-refractivity contribution in [3.8, 4) is 0 Å². The smallest absolute Gasteiger partial charge is 0.193 e. The zero-order valence-electron chi connectivity index (χ0n) is 17.4. The second kappa shape index (κ2) is 9.22. The summed E-state index contributed by atoms with van der Waals surface area (Å²) in [6, 6.07) is 6.39. The summed E-state index contributed by atoms with van der Waals surface area (Å²) in [7, 11) is -1.25. The van der Waals surface area contributed by atoms with Gasteiger partial charge in [-0.1, -0.05) is 26.0 Å². The molecule has 0 aromatic heterocycles. The first-order valence-corrected chi connectivity index (χ1v) is 11.6. The van der Waals surface area contributed by atoms with Crippen LogP contribution in [0, 0.1) is 11.2 Å². The number of guanidine groups is 1. The van der Waals surface area contributed by atoms with Gasteiger partial charge in [0.05, 0.1) is 18.4 Å². The van der Waals surface area contributed by atoms with Gasteiger partial charge in [0.25, 0.3) is 0 Å². The highest BCUT2D eigenvalue weighted by Crippen LogP contribution is 2.26. The molecule has 0 spiro atoms. The molecule has 0 bridgehead atoms. The highest BCUT2D eigenvalue weighted by atomic mass is 32.2. The lowest BCUT2D eigenvalue weighted by molar-refractivity contribution is -0.0605. The molecule has 1 fully saturated rings. The molecule has 28 heavy (non-hydrogen) atoms. The molecule has 0 amide bonds. The van der Waals surface area contributed by atoms with Gasteiger partial charge in [-0.3, -0.25) is 4.99 Å². The summed E-state index contributed by atoms with van der Waals surface area (Å²) in [6.07, 6.45) is 1.68. The van der Waals surface area contributed by atoms with E-state index in [0.717, 1.165) is 11.5 Å². The number of halogens is 1. The first-order chi connectivity index (χ1) is 13.0. The third-order valence-electron chi connectivity index (χ3n) is 4.89. The molecule has 2 atom stereocenters. The summed E-state index contributed by atoms with van der Waals surface area (Å²) in [6.45, 7) is 8.01. The van der Waals surface area contributed by atoms with Crippen molar-refractivity contribution in [3.63, 3.8) is 0 Å². The Morgan fingerprint density at radius 1 is 1.32 bits per heavy atom. The number of morpholine rings is 1. The topological polar surface area (TPSA) is 71.0 Å². The molecule has 1 aliphatic rings. The van der Waals surface area contributed by atoms with E-state index in [1.54, 1.807) is 19.2 Å². The minimum absolute atomic E-state index is 0.000553. The van der Waals surface area contributed by atoms with Crippen molar-refractivity contribution < 1.29 is 17.5 Å². The largest absolute Gasteiger partial charge is 0.367 e. The second-order valence-corrected chi connectivity index (χ2v) is 10.6. The molecule has 1 heterocycles. The van der Waals surface area contributed by atoms with Crippen LogP contribution in [0.2, 0.25) is 0 Å². The fourth-order valence-corrected chi connectivity index (χ4v) is 4.11. The van der Waals surface area contributed by atoms with E-state index in [9.17, 15) is 12.8 Å². The summed E-state index contributed by atoms with van der Waals surface area (Å²) >= 11 is 0. The van der Waals surface area contributed by atoms with Gasteiger partial charge in [0, 0.05) is 26.4 Å². The highest BCUT2D eigenvalue weighted by molar-refractivity contribution is 7.90. The number of hydrogen-bond acceptors (Lipinski definition) is 4. The maximum absolute atomic E-state index is 13.2. The molecular formula is C20H32FN3O3S. The van der Waals surface area contributed by atoms with Crippen molar-refractivity contribution in [1.82, 2.24) is 10.2 Å². The monoisotopic (exact) mass is 413 g/mol. The highest BCUT2D eigenvalue weighted by Gasteiger charge is 2.29. The van der Waals surface area contributed by atoms with Crippen LogP contribution in [0.1, 0.15) is 38.9 Å². The van der Waals surface area contributed by atoms with E-state index in [1.165, 1.54) is 18.4 Å². The lowest BCUT2D eigenvalue weighted by Crippen LogP contribution is -2.52. The summed E-state index contributed by atoms with van der Waals surface area (Å²) in [5.74, 6) is 0.662. The number of benzene rings is 1. The number of ether oxygens (including phenoxy) is 1. The molecular weight excluding hydrogens is 381 g/mol. The van der Waals surface area contributed by atoms with Crippen LogP contribution in [0.3, 0.4) is 0 Å². The maximum atomic E-state index is 13.2. The minimum atomic E-state index is -2.98. The van der Waals surface area contributed by atoms with Crippen LogP contribution in [-0.2, 0) is 14.6 Å². The molecule has 2 unspecified atom stereocenters. The van der Waals surface area contributed by atoms with Crippen molar-refractivity contribution in [1.29, 1.82) is 0 Å². The Balaban J connectivity index is 2.01. The molecule has 0 aliphatic carbocycles. The zero-order valence-corrected chi connectivity index (χ0v) is 18.2. The van der Waals surface area contributed by atoms with Crippen molar-refractivity contribution in [2.75, 3.05) is 38.7 Å². The number of nitrogens with zero attached hydrogens (tertiary/aromatic N) is 2. The SMILES string of the molecule is CN=C(NCC(C)(C)CCS(C)(=O)=O)N1CC(C)OC(c2ccc(F)cc2)C1. The first kappa shape index (κ1) is 22.6. The number of sulfone groups is 1. The molecule has 0 saturated carbocycles. The number of rotatable bonds is 6.